The van der Waals surface area contributed by atoms with E-state index in [2.05, 4.69) is 10.0 Å². The van der Waals surface area contributed by atoms with Gasteiger partial charge < -0.3 is 10.1 Å². The molecule has 0 bridgehead atoms. The third-order valence-electron chi connectivity index (χ3n) is 5.25. The minimum atomic E-state index is -3.86. The number of carbonyl (C=O) groups excluding carboxylic acids is 1. The number of carbonyl (C=O) groups is 1. The predicted octanol–water partition coefficient (Wildman–Crippen LogP) is 5.13. The molecular weight excluding hydrogens is 436 g/mol. The number of benzene rings is 3. The first-order valence-electron chi connectivity index (χ1n) is 10.8. The highest BCUT2D eigenvalue weighted by Crippen LogP contribution is 2.22. The third-order valence-corrected chi connectivity index (χ3v) is 6.77. The summed E-state index contributed by atoms with van der Waals surface area (Å²) in [6, 6.07) is 17.5. The fourth-order valence-corrected chi connectivity index (χ4v) is 4.61. The van der Waals surface area contributed by atoms with Crippen LogP contribution in [-0.2, 0) is 16.6 Å². The summed E-state index contributed by atoms with van der Waals surface area (Å²) in [6.45, 7) is 9.83. The second-order valence-electron chi connectivity index (χ2n) is 8.38. The number of sulfonamides is 1. The quantitative estimate of drug-likeness (QED) is 0.482. The highest BCUT2D eigenvalue weighted by molar-refractivity contribution is 7.92. The van der Waals surface area contributed by atoms with E-state index in [-0.39, 0.29) is 22.5 Å². The zero-order valence-corrected chi connectivity index (χ0v) is 20.4. The molecular formula is C26H30N2O4S. The third kappa shape index (κ3) is 6.35. The summed E-state index contributed by atoms with van der Waals surface area (Å²) in [4.78, 5) is 12.8. The van der Waals surface area contributed by atoms with Crippen molar-refractivity contribution in [3.05, 3.63) is 88.5 Å². The molecule has 3 aromatic rings. The summed E-state index contributed by atoms with van der Waals surface area (Å²) >= 11 is 0. The van der Waals surface area contributed by atoms with Crippen LogP contribution in [0, 0.1) is 20.8 Å². The fraction of sp³-hybridized carbons (Fsp3) is 0.269. The molecule has 0 heterocycles. The van der Waals surface area contributed by atoms with Gasteiger partial charge in [0.25, 0.3) is 15.9 Å². The summed E-state index contributed by atoms with van der Waals surface area (Å²) in [5.41, 5.74) is 4.30. The van der Waals surface area contributed by atoms with Crippen LogP contribution < -0.4 is 14.8 Å². The number of anilines is 1. The van der Waals surface area contributed by atoms with Gasteiger partial charge >= 0.3 is 0 Å². The molecule has 174 valence electrons. The van der Waals surface area contributed by atoms with Crippen molar-refractivity contribution in [1.82, 2.24) is 5.32 Å². The van der Waals surface area contributed by atoms with Crippen LogP contribution in [0.25, 0.3) is 0 Å². The number of ether oxygens (including phenoxy) is 1. The Kier molecular flexibility index (Phi) is 7.43. The summed E-state index contributed by atoms with van der Waals surface area (Å²) in [6.07, 6.45) is 0.0899. The molecule has 0 spiro atoms. The molecule has 0 saturated carbocycles. The van der Waals surface area contributed by atoms with Gasteiger partial charge in [-0.3, -0.25) is 9.52 Å². The van der Waals surface area contributed by atoms with Gasteiger partial charge in [0.1, 0.15) is 5.75 Å². The zero-order chi connectivity index (χ0) is 24.2. The fourth-order valence-electron chi connectivity index (χ4n) is 3.29. The maximum atomic E-state index is 13.0. The molecule has 3 rings (SSSR count). The lowest BCUT2D eigenvalue weighted by molar-refractivity contribution is 0.0950. The Balaban J connectivity index is 1.73. The van der Waals surface area contributed by atoms with Crippen molar-refractivity contribution in [1.29, 1.82) is 0 Å². The Labute approximate surface area is 196 Å². The Hall–Kier alpha value is -3.32. The van der Waals surface area contributed by atoms with E-state index in [0.29, 0.717) is 17.8 Å². The van der Waals surface area contributed by atoms with Crippen LogP contribution in [0.4, 0.5) is 5.69 Å². The van der Waals surface area contributed by atoms with E-state index in [0.717, 1.165) is 22.4 Å². The molecule has 0 aliphatic heterocycles. The van der Waals surface area contributed by atoms with Gasteiger partial charge in [0.15, 0.2) is 0 Å². The van der Waals surface area contributed by atoms with E-state index in [1.165, 1.54) is 6.07 Å². The maximum Gasteiger partial charge on any atom is 0.262 e. The summed E-state index contributed by atoms with van der Waals surface area (Å²) in [5, 5.41) is 2.84. The van der Waals surface area contributed by atoms with Gasteiger partial charge in [0, 0.05) is 17.8 Å². The lowest BCUT2D eigenvalue weighted by atomic mass is 10.1. The number of rotatable bonds is 8. The Bertz CT molecular complexity index is 1250. The largest absolute Gasteiger partial charge is 0.491 e. The van der Waals surface area contributed by atoms with E-state index in [1.807, 2.05) is 58.0 Å². The molecule has 0 atom stereocenters. The summed E-state index contributed by atoms with van der Waals surface area (Å²) in [7, 11) is -3.86. The molecule has 0 saturated heterocycles. The van der Waals surface area contributed by atoms with E-state index in [1.54, 1.807) is 31.2 Å². The molecule has 3 aromatic carbocycles. The van der Waals surface area contributed by atoms with Gasteiger partial charge in [-0.2, -0.15) is 0 Å². The van der Waals surface area contributed by atoms with Crippen molar-refractivity contribution < 1.29 is 17.9 Å². The first kappa shape index (κ1) is 24.3. The number of hydrogen-bond donors (Lipinski definition) is 2. The molecule has 0 aromatic heterocycles. The maximum absolute atomic E-state index is 13.0. The molecule has 0 fully saturated rings. The first-order valence-corrected chi connectivity index (χ1v) is 12.3. The van der Waals surface area contributed by atoms with Crippen molar-refractivity contribution in [3.63, 3.8) is 0 Å². The highest BCUT2D eigenvalue weighted by Gasteiger charge is 2.19. The minimum absolute atomic E-state index is 0.0727. The topological polar surface area (TPSA) is 84.5 Å². The standard InChI is InChI=1S/C26H30N2O4S/c1-17(2)32-24-12-8-21(9-13-24)16-27-26(29)22-10-6-19(4)25(15-22)33(30,31)28-23-11-7-18(3)20(5)14-23/h6-15,17,28H,16H2,1-5H3,(H,27,29). The molecule has 0 radical (unpaired) electrons. The van der Waals surface area contributed by atoms with Crippen molar-refractivity contribution in [2.75, 3.05) is 4.72 Å². The Morgan fingerprint density at radius 1 is 0.879 bits per heavy atom. The van der Waals surface area contributed by atoms with Crippen molar-refractivity contribution in [2.45, 2.75) is 52.2 Å². The number of hydrogen-bond acceptors (Lipinski definition) is 4. The van der Waals surface area contributed by atoms with Gasteiger partial charge in [-0.15, -0.1) is 0 Å². The number of aryl methyl sites for hydroxylation is 3. The number of nitrogens with one attached hydrogen (secondary N) is 2. The molecule has 0 aliphatic rings. The normalized spacial score (nSPS) is 11.3. The molecule has 0 unspecified atom stereocenters. The van der Waals surface area contributed by atoms with Crippen LogP contribution in [0.1, 0.15) is 46.5 Å². The van der Waals surface area contributed by atoms with Crippen LogP contribution in [0.15, 0.2) is 65.6 Å². The minimum Gasteiger partial charge on any atom is -0.491 e. The van der Waals surface area contributed by atoms with Crippen molar-refractivity contribution in [2.24, 2.45) is 0 Å². The zero-order valence-electron chi connectivity index (χ0n) is 19.6. The lowest BCUT2D eigenvalue weighted by Crippen LogP contribution is -2.23. The van der Waals surface area contributed by atoms with Crippen molar-refractivity contribution >= 4 is 21.6 Å². The first-order chi connectivity index (χ1) is 15.5. The van der Waals surface area contributed by atoms with E-state index in [9.17, 15) is 13.2 Å². The van der Waals surface area contributed by atoms with Crippen LogP contribution in [0.2, 0.25) is 0 Å². The van der Waals surface area contributed by atoms with Crippen LogP contribution in [-0.4, -0.2) is 20.4 Å². The van der Waals surface area contributed by atoms with E-state index >= 15 is 0 Å². The lowest BCUT2D eigenvalue weighted by Gasteiger charge is -2.13. The average molecular weight is 467 g/mol. The molecule has 1 amide bonds. The van der Waals surface area contributed by atoms with E-state index in [4.69, 9.17) is 4.74 Å². The SMILES string of the molecule is Cc1ccc(NS(=O)(=O)c2cc(C(=O)NCc3ccc(OC(C)C)cc3)ccc2C)cc1C. The average Bonchev–Trinajstić information content (AvgIpc) is 2.75. The molecule has 0 aliphatic carbocycles. The highest BCUT2D eigenvalue weighted by atomic mass is 32.2. The van der Waals surface area contributed by atoms with Gasteiger partial charge in [-0.1, -0.05) is 24.3 Å². The van der Waals surface area contributed by atoms with Gasteiger partial charge in [-0.25, -0.2) is 8.42 Å². The smallest absolute Gasteiger partial charge is 0.262 e. The van der Waals surface area contributed by atoms with Gasteiger partial charge in [0.05, 0.1) is 11.0 Å². The van der Waals surface area contributed by atoms with Crippen LogP contribution >= 0.6 is 0 Å². The Morgan fingerprint density at radius 3 is 2.18 bits per heavy atom. The van der Waals surface area contributed by atoms with Crippen LogP contribution in [0.5, 0.6) is 5.75 Å². The second kappa shape index (κ2) is 10.1. The summed E-state index contributed by atoms with van der Waals surface area (Å²) in [5.74, 6) is 0.421. The monoisotopic (exact) mass is 466 g/mol. The van der Waals surface area contributed by atoms with Gasteiger partial charge in [0.2, 0.25) is 0 Å². The second-order valence-corrected chi connectivity index (χ2v) is 10.0. The molecule has 7 heteroatoms. The number of amides is 1. The van der Waals surface area contributed by atoms with E-state index < -0.39 is 10.0 Å². The molecule has 33 heavy (non-hydrogen) atoms. The molecule has 6 nitrogen and oxygen atoms in total. The Morgan fingerprint density at radius 2 is 1.55 bits per heavy atom. The van der Waals surface area contributed by atoms with Crippen LogP contribution in [0.3, 0.4) is 0 Å². The van der Waals surface area contributed by atoms with Gasteiger partial charge in [-0.05, 0) is 93.3 Å². The predicted molar refractivity (Wildman–Crippen MR) is 131 cm³/mol. The summed E-state index contributed by atoms with van der Waals surface area (Å²) < 4.78 is 34.3. The van der Waals surface area contributed by atoms with Crippen molar-refractivity contribution in [3.8, 4) is 5.75 Å². The molecule has 2 N–H and O–H groups in total.